The molecule has 0 saturated carbocycles. The molecule has 4 aromatic rings. The van der Waals surface area contributed by atoms with Crippen LogP contribution in [0.2, 0.25) is 0 Å². The number of aromatic nitrogens is 3. The van der Waals surface area contributed by atoms with Crippen LogP contribution in [-0.2, 0) is 5.41 Å². The Morgan fingerprint density at radius 1 is 1.09 bits per heavy atom. The van der Waals surface area contributed by atoms with Gasteiger partial charge in [-0.2, -0.15) is 4.98 Å². The summed E-state index contributed by atoms with van der Waals surface area (Å²) in [4.78, 5) is 31.0. The number of hydrogen-bond donors (Lipinski definition) is 1. The molecular formula is C31H34F2N8O3. The summed E-state index contributed by atoms with van der Waals surface area (Å²) in [6.07, 6.45) is 3.05. The highest BCUT2D eigenvalue weighted by atomic mass is 19.1. The first-order chi connectivity index (χ1) is 20.9. The zero-order valence-corrected chi connectivity index (χ0v) is 25.4. The van der Waals surface area contributed by atoms with Crippen LogP contribution < -0.4 is 19.9 Å². The van der Waals surface area contributed by atoms with Gasteiger partial charge in [0, 0.05) is 62.2 Å². The van der Waals surface area contributed by atoms with Crippen LogP contribution in [0.4, 0.5) is 43.3 Å². The lowest BCUT2D eigenvalue weighted by Gasteiger charge is -2.23. The van der Waals surface area contributed by atoms with Gasteiger partial charge in [0.25, 0.3) is 5.69 Å². The van der Waals surface area contributed by atoms with Crippen LogP contribution >= 0.6 is 0 Å². The van der Waals surface area contributed by atoms with Gasteiger partial charge in [-0.15, -0.1) is 0 Å². The van der Waals surface area contributed by atoms with E-state index in [0.717, 1.165) is 5.69 Å². The Labute approximate surface area is 254 Å². The highest BCUT2D eigenvalue weighted by Crippen LogP contribution is 2.45. The van der Waals surface area contributed by atoms with Crippen LogP contribution in [-0.4, -0.2) is 72.7 Å². The minimum absolute atomic E-state index is 0.0973. The number of nitro benzene ring substituents is 1. The largest absolute Gasteiger partial charge is 0.494 e. The SMILES string of the molecule is COc1cc(N(C)CCN(C)C)c([N+](=O)[O-])cc1Nc1nccc(N2CC(C)(C)c3ncc(-c4c(F)cccc4F)cc32)n1. The summed E-state index contributed by atoms with van der Waals surface area (Å²) in [5.41, 5.74) is 1.83. The molecule has 11 nitrogen and oxygen atoms in total. The zero-order chi connectivity index (χ0) is 31.8. The molecule has 1 aliphatic rings. The second-order valence-corrected chi connectivity index (χ2v) is 11.5. The lowest BCUT2D eigenvalue weighted by atomic mass is 9.91. The molecule has 0 fully saturated rings. The highest BCUT2D eigenvalue weighted by Gasteiger charge is 2.38. The van der Waals surface area contributed by atoms with Crippen molar-refractivity contribution in [2.75, 3.05) is 63.0 Å². The first kappa shape index (κ1) is 30.5. The molecule has 2 aromatic heterocycles. The van der Waals surface area contributed by atoms with Crippen molar-refractivity contribution in [1.82, 2.24) is 19.9 Å². The summed E-state index contributed by atoms with van der Waals surface area (Å²) >= 11 is 0. The predicted molar refractivity (Wildman–Crippen MR) is 166 cm³/mol. The van der Waals surface area contributed by atoms with Gasteiger partial charge in [0.05, 0.1) is 34.7 Å². The third-order valence-electron chi connectivity index (χ3n) is 7.56. The quantitative estimate of drug-likeness (QED) is 0.173. The number of likely N-dealkylation sites (N-methyl/N-ethyl adjacent to an activating group) is 2. The van der Waals surface area contributed by atoms with Crippen LogP contribution in [0.3, 0.4) is 0 Å². The molecule has 0 saturated heterocycles. The van der Waals surface area contributed by atoms with Crippen LogP contribution in [0, 0.1) is 21.7 Å². The number of halogens is 2. The molecule has 44 heavy (non-hydrogen) atoms. The molecule has 3 heterocycles. The van der Waals surface area contributed by atoms with Gasteiger partial charge in [-0.3, -0.25) is 15.1 Å². The van der Waals surface area contributed by atoms with E-state index in [9.17, 15) is 18.9 Å². The van der Waals surface area contributed by atoms with Gasteiger partial charge in [0.2, 0.25) is 5.95 Å². The first-order valence-corrected chi connectivity index (χ1v) is 13.9. The number of anilines is 5. The summed E-state index contributed by atoms with van der Waals surface area (Å²) < 4.78 is 34.9. The molecule has 0 unspecified atom stereocenters. The van der Waals surface area contributed by atoms with Crippen LogP contribution in [0.15, 0.2) is 54.9 Å². The maximum absolute atomic E-state index is 14.6. The van der Waals surface area contributed by atoms with Crippen molar-refractivity contribution in [1.29, 1.82) is 0 Å². The van der Waals surface area contributed by atoms with Gasteiger partial charge < -0.3 is 24.8 Å². The number of ether oxygens (including phenoxy) is 1. The molecule has 0 bridgehead atoms. The van der Waals surface area contributed by atoms with E-state index in [1.54, 1.807) is 31.4 Å². The van der Waals surface area contributed by atoms with Gasteiger partial charge in [-0.25, -0.2) is 13.8 Å². The Hall–Kier alpha value is -4.91. The molecule has 0 atom stereocenters. The monoisotopic (exact) mass is 604 g/mol. The van der Waals surface area contributed by atoms with Gasteiger partial charge in [-0.1, -0.05) is 19.9 Å². The summed E-state index contributed by atoms with van der Waals surface area (Å²) in [6.45, 7) is 5.84. The number of methoxy groups -OCH3 is 1. The zero-order valence-electron chi connectivity index (χ0n) is 25.4. The second-order valence-electron chi connectivity index (χ2n) is 11.5. The molecule has 1 N–H and O–H groups in total. The Kier molecular flexibility index (Phi) is 8.33. The van der Waals surface area contributed by atoms with E-state index in [2.05, 4.69) is 15.3 Å². The van der Waals surface area contributed by atoms with E-state index in [-0.39, 0.29) is 17.2 Å². The average Bonchev–Trinajstić information content (AvgIpc) is 3.25. The number of nitrogens with zero attached hydrogens (tertiary/aromatic N) is 7. The Morgan fingerprint density at radius 3 is 2.48 bits per heavy atom. The fourth-order valence-corrected chi connectivity index (χ4v) is 5.28. The van der Waals surface area contributed by atoms with Crippen molar-refractivity contribution in [3.8, 4) is 16.9 Å². The molecular weight excluding hydrogens is 570 g/mol. The lowest BCUT2D eigenvalue weighted by molar-refractivity contribution is -0.384. The van der Waals surface area contributed by atoms with Crippen LogP contribution in [0.25, 0.3) is 11.1 Å². The first-order valence-electron chi connectivity index (χ1n) is 13.9. The maximum Gasteiger partial charge on any atom is 0.294 e. The molecule has 0 radical (unpaired) electrons. The van der Waals surface area contributed by atoms with E-state index in [1.165, 1.54) is 37.6 Å². The van der Waals surface area contributed by atoms with E-state index in [0.29, 0.717) is 53.8 Å². The Bertz CT molecular complexity index is 1700. The van der Waals surface area contributed by atoms with E-state index in [1.807, 2.05) is 42.6 Å². The van der Waals surface area contributed by atoms with E-state index >= 15 is 0 Å². The van der Waals surface area contributed by atoms with Gasteiger partial charge in [0.1, 0.15) is 28.9 Å². The van der Waals surface area contributed by atoms with Crippen LogP contribution in [0.1, 0.15) is 19.5 Å². The Morgan fingerprint density at radius 2 is 1.82 bits per heavy atom. The fraction of sp³-hybridized carbons (Fsp3) is 0.323. The topological polar surface area (TPSA) is 113 Å². The lowest BCUT2D eigenvalue weighted by Crippen LogP contribution is -2.29. The smallest absolute Gasteiger partial charge is 0.294 e. The number of nitrogens with one attached hydrogen (secondary N) is 1. The van der Waals surface area contributed by atoms with Crippen LogP contribution in [0.5, 0.6) is 5.75 Å². The minimum Gasteiger partial charge on any atom is -0.494 e. The standard InChI is InChI=1S/C31H34F2N8O3/c1-31(2)18-40(25-14-19(17-35-29(25)31)28-20(32)8-7-9-21(28)33)27-10-11-34-30(37-27)36-22-15-24(41(42)43)23(16-26(22)44-6)39(5)13-12-38(3)4/h7-11,14-17H,12-13,18H2,1-6H3,(H,34,36,37). The molecule has 2 aromatic carbocycles. The fourth-order valence-electron chi connectivity index (χ4n) is 5.28. The molecule has 0 spiro atoms. The van der Waals surface area contributed by atoms with Crippen molar-refractivity contribution < 1.29 is 18.4 Å². The molecule has 5 rings (SSSR count). The summed E-state index contributed by atoms with van der Waals surface area (Å²) in [7, 11) is 7.15. The van der Waals surface area contributed by atoms with E-state index in [4.69, 9.17) is 9.72 Å². The molecule has 13 heteroatoms. The normalized spacial score (nSPS) is 13.6. The predicted octanol–water partition coefficient (Wildman–Crippen LogP) is 5.90. The van der Waals surface area contributed by atoms with Gasteiger partial charge >= 0.3 is 0 Å². The molecule has 0 amide bonds. The molecule has 1 aliphatic heterocycles. The van der Waals surface area contributed by atoms with E-state index < -0.39 is 22.0 Å². The van der Waals surface area contributed by atoms with Gasteiger partial charge in [-0.05, 0) is 38.4 Å². The number of fused-ring (bicyclic) bond motifs is 1. The summed E-state index contributed by atoms with van der Waals surface area (Å²) in [5, 5.41) is 15.1. The van der Waals surface area contributed by atoms with Crippen molar-refractivity contribution in [2.24, 2.45) is 0 Å². The van der Waals surface area contributed by atoms with Crippen molar-refractivity contribution in [2.45, 2.75) is 19.3 Å². The summed E-state index contributed by atoms with van der Waals surface area (Å²) in [6, 6.07) is 10.2. The molecule has 230 valence electrons. The number of hydrogen-bond acceptors (Lipinski definition) is 10. The number of benzene rings is 2. The van der Waals surface area contributed by atoms with Gasteiger partial charge in [0.15, 0.2) is 0 Å². The third kappa shape index (κ3) is 5.95. The molecule has 0 aliphatic carbocycles. The Balaban J connectivity index is 1.50. The van der Waals surface area contributed by atoms with Crippen molar-refractivity contribution >= 4 is 34.5 Å². The minimum atomic E-state index is -0.679. The highest BCUT2D eigenvalue weighted by molar-refractivity contribution is 5.78. The number of pyridine rings is 1. The number of nitro groups is 1. The third-order valence-corrected chi connectivity index (χ3v) is 7.56. The van der Waals surface area contributed by atoms with Crippen molar-refractivity contribution in [3.05, 3.63) is 82.3 Å². The van der Waals surface area contributed by atoms with Crippen molar-refractivity contribution in [3.63, 3.8) is 0 Å². The second kappa shape index (κ2) is 12.0. The average molecular weight is 605 g/mol. The number of rotatable bonds is 10. The summed E-state index contributed by atoms with van der Waals surface area (Å²) in [5.74, 6) is -0.288. The maximum atomic E-state index is 14.6.